The molecule has 0 saturated carbocycles. The third-order valence-corrected chi connectivity index (χ3v) is 2.79. The van der Waals surface area contributed by atoms with E-state index in [1.54, 1.807) is 19.1 Å². The van der Waals surface area contributed by atoms with E-state index in [0.717, 1.165) is 11.0 Å². The molecule has 1 aromatic rings. The van der Waals surface area contributed by atoms with Gasteiger partial charge in [-0.05, 0) is 18.6 Å². The SMILES string of the molecule is Cc1cccc(NC2=CC(=O)N(CCO)C2=O)c1F. The van der Waals surface area contributed by atoms with Crippen LogP contribution in [0.5, 0.6) is 0 Å². The number of carbonyl (C=O) groups excluding carboxylic acids is 2. The normalized spacial score (nSPS) is 14.9. The molecule has 1 heterocycles. The first kappa shape index (κ1) is 13.2. The quantitative estimate of drug-likeness (QED) is 0.789. The summed E-state index contributed by atoms with van der Waals surface area (Å²) in [5.74, 6) is -1.56. The number of rotatable bonds is 4. The molecule has 1 aromatic carbocycles. The molecule has 0 atom stereocenters. The maximum absolute atomic E-state index is 13.8. The van der Waals surface area contributed by atoms with Gasteiger partial charge in [0.15, 0.2) is 0 Å². The van der Waals surface area contributed by atoms with E-state index in [9.17, 15) is 14.0 Å². The fraction of sp³-hybridized carbons (Fsp3) is 0.231. The zero-order chi connectivity index (χ0) is 14.0. The summed E-state index contributed by atoms with van der Waals surface area (Å²) in [6, 6.07) is 4.73. The Balaban J connectivity index is 2.21. The molecule has 2 N–H and O–H groups in total. The lowest BCUT2D eigenvalue weighted by Crippen LogP contribution is -2.34. The van der Waals surface area contributed by atoms with Crippen LogP contribution in [0.4, 0.5) is 10.1 Å². The molecule has 0 unspecified atom stereocenters. The predicted octanol–water partition coefficient (Wildman–Crippen LogP) is 0.791. The van der Waals surface area contributed by atoms with Gasteiger partial charge in [0.2, 0.25) is 0 Å². The van der Waals surface area contributed by atoms with Crippen LogP contribution in [-0.2, 0) is 9.59 Å². The number of hydrogen-bond acceptors (Lipinski definition) is 4. The Morgan fingerprint density at radius 2 is 2.11 bits per heavy atom. The van der Waals surface area contributed by atoms with Crippen molar-refractivity contribution in [1.29, 1.82) is 0 Å². The van der Waals surface area contributed by atoms with E-state index in [0.29, 0.717) is 5.56 Å². The van der Waals surface area contributed by atoms with Crippen LogP contribution in [0.2, 0.25) is 0 Å². The van der Waals surface area contributed by atoms with Gasteiger partial charge in [0.1, 0.15) is 11.5 Å². The average Bonchev–Trinajstić information content (AvgIpc) is 2.63. The highest BCUT2D eigenvalue weighted by molar-refractivity contribution is 6.17. The number of halogens is 1. The second kappa shape index (κ2) is 5.19. The fourth-order valence-electron chi connectivity index (χ4n) is 1.80. The fourth-order valence-corrected chi connectivity index (χ4v) is 1.80. The summed E-state index contributed by atoms with van der Waals surface area (Å²) in [7, 11) is 0. The van der Waals surface area contributed by atoms with Crippen molar-refractivity contribution in [2.24, 2.45) is 0 Å². The highest BCUT2D eigenvalue weighted by Gasteiger charge is 2.30. The highest BCUT2D eigenvalue weighted by Crippen LogP contribution is 2.21. The number of aliphatic hydroxyl groups is 1. The number of nitrogens with one attached hydrogen (secondary N) is 1. The number of carbonyl (C=O) groups is 2. The summed E-state index contributed by atoms with van der Waals surface area (Å²) < 4.78 is 13.8. The van der Waals surface area contributed by atoms with Gasteiger partial charge in [-0.1, -0.05) is 12.1 Å². The average molecular weight is 264 g/mol. The maximum Gasteiger partial charge on any atom is 0.277 e. The van der Waals surface area contributed by atoms with Gasteiger partial charge in [-0.25, -0.2) is 4.39 Å². The second-order valence-electron chi connectivity index (χ2n) is 4.14. The highest BCUT2D eigenvalue weighted by atomic mass is 19.1. The van der Waals surface area contributed by atoms with E-state index in [-0.39, 0.29) is 24.5 Å². The van der Waals surface area contributed by atoms with Crippen molar-refractivity contribution >= 4 is 17.5 Å². The summed E-state index contributed by atoms with van der Waals surface area (Å²) in [4.78, 5) is 24.3. The molecule has 0 aromatic heterocycles. The largest absolute Gasteiger partial charge is 0.395 e. The minimum atomic E-state index is -0.569. The molecule has 0 bridgehead atoms. The third kappa shape index (κ3) is 2.48. The van der Waals surface area contributed by atoms with Crippen molar-refractivity contribution in [1.82, 2.24) is 4.90 Å². The Labute approximate surface area is 109 Å². The smallest absolute Gasteiger partial charge is 0.277 e. The lowest BCUT2D eigenvalue weighted by Gasteiger charge is -2.13. The lowest BCUT2D eigenvalue weighted by molar-refractivity contribution is -0.137. The summed E-state index contributed by atoms with van der Waals surface area (Å²) >= 11 is 0. The number of β-amino-alcohol motifs (C(OH)–C–C–N with tert-alkyl or cyclic N) is 1. The molecule has 1 aliphatic heterocycles. The van der Waals surface area contributed by atoms with Gasteiger partial charge in [0.05, 0.1) is 18.8 Å². The minimum Gasteiger partial charge on any atom is -0.395 e. The van der Waals surface area contributed by atoms with Gasteiger partial charge in [0, 0.05) is 6.08 Å². The summed E-state index contributed by atoms with van der Waals surface area (Å²) in [5.41, 5.74) is 0.579. The zero-order valence-corrected chi connectivity index (χ0v) is 10.3. The number of nitrogens with zero attached hydrogens (tertiary/aromatic N) is 1. The van der Waals surface area contributed by atoms with Gasteiger partial charge >= 0.3 is 0 Å². The number of benzene rings is 1. The number of amides is 2. The molecule has 100 valence electrons. The minimum absolute atomic E-state index is 0.00273. The molecule has 2 amide bonds. The molecule has 0 aliphatic carbocycles. The van der Waals surface area contributed by atoms with Crippen LogP contribution in [0.3, 0.4) is 0 Å². The van der Waals surface area contributed by atoms with Crippen LogP contribution >= 0.6 is 0 Å². The van der Waals surface area contributed by atoms with Crippen molar-refractivity contribution in [3.8, 4) is 0 Å². The summed E-state index contributed by atoms with van der Waals surface area (Å²) in [6.45, 7) is 1.22. The van der Waals surface area contributed by atoms with E-state index in [1.165, 1.54) is 6.07 Å². The van der Waals surface area contributed by atoms with Gasteiger partial charge < -0.3 is 10.4 Å². The number of hydrogen-bond donors (Lipinski definition) is 2. The van der Waals surface area contributed by atoms with Crippen molar-refractivity contribution in [2.75, 3.05) is 18.5 Å². The van der Waals surface area contributed by atoms with Crippen LogP contribution in [0.1, 0.15) is 5.56 Å². The van der Waals surface area contributed by atoms with Crippen LogP contribution in [0.15, 0.2) is 30.0 Å². The summed E-state index contributed by atoms with van der Waals surface area (Å²) in [6.07, 6.45) is 1.10. The summed E-state index contributed by atoms with van der Waals surface area (Å²) in [5, 5.41) is 11.4. The van der Waals surface area contributed by atoms with Gasteiger partial charge in [-0.15, -0.1) is 0 Å². The van der Waals surface area contributed by atoms with E-state index in [1.807, 2.05) is 0 Å². The Morgan fingerprint density at radius 3 is 2.79 bits per heavy atom. The molecule has 0 spiro atoms. The number of aliphatic hydroxyl groups excluding tert-OH is 1. The number of aryl methyl sites for hydroxylation is 1. The van der Waals surface area contributed by atoms with Crippen LogP contribution in [-0.4, -0.2) is 35.0 Å². The molecule has 2 rings (SSSR count). The molecule has 19 heavy (non-hydrogen) atoms. The van der Waals surface area contributed by atoms with Crippen molar-refractivity contribution in [2.45, 2.75) is 6.92 Å². The number of anilines is 1. The molecule has 0 radical (unpaired) electrons. The predicted molar refractivity (Wildman–Crippen MR) is 66.6 cm³/mol. The van der Waals surface area contributed by atoms with E-state index in [2.05, 4.69) is 5.32 Å². The van der Waals surface area contributed by atoms with Crippen molar-refractivity contribution in [3.63, 3.8) is 0 Å². The van der Waals surface area contributed by atoms with Crippen LogP contribution in [0, 0.1) is 12.7 Å². The molecule has 5 nitrogen and oxygen atoms in total. The van der Waals surface area contributed by atoms with Crippen molar-refractivity contribution in [3.05, 3.63) is 41.4 Å². The van der Waals surface area contributed by atoms with Gasteiger partial charge in [-0.2, -0.15) is 0 Å². The molecule has 1 aliphatic rings. The topological polar surface area (TPSA) is 69.6 Å². The van der Waals surface area contributed by atoms with E-state index in [4.69, 9.17) is 5.11 Å². The van der Waals surface area contributed by atoms with Gasteiger partial charge in [-0.3, -0.25) is 14.5 Å². The second-order valence-corrected chi connectivity index (χ2v) is 4.14. The Bertz CT molecular complexity index is 569. The molecule has 0 fully saturated rings. The van der Waals surface area contributed by atoms with Gasteiger partial charge in [0.25, 0.3) is 11.8 Å². The molecular formula is C13H13FN2O3. The zero-order valence-electron chi connectivity index (χ0n) is 10.3. The lowest BCUT2D eigenvalue weighted by atomic mass is 10.2. The first-order chi connectivity index (χ1) is 9.04. The standard InChI is InChI=1S/C13H13FN2O3/c1-8-3-2-4-9(12(8)14)15-10-7-11(18)16(5-6-17)13(10)19/h2-4,7,15,17H,5-6H2,1H3. The Hall–Kier alpha value is -2.21. The molecular weight excluding hydrogens is 251 g/mol. The van der Waals surface area contributed by atoms with E-state index < -0.39 is 17.6 Å². The Morgan fingerprint density at radius 1 is 1.37 bits per heavy atom. The first-order valence-corrected chi connectivity index (χ1v) is 5.75. The van der Waals surface area contributed by atoms with Crippen LogP contribution in [0.25, 0.3) is 0 Å². The third-order valence-electron chi connectivity index (χ3n) is 2.79. The Kier molecular flexibility index (Phi) is 3.62. The van der Waals surface area contributed by atoms with Crippen LogP contribution < -0.4 is 5.32 Å². The first-order valence-electron chi connectivity index (χ1n) is 5.75. The monoisotopic (exact) mass is 264 g/mol. The van der Waals surface area contributed by atoms with Crippen molar-refractivity contribution < 1.29 is 19.1 Å². The number of imide groups is 1. The van der Waals surface area contributed by atoms with E-state index >= 15 is 0 Å². The maximum atomic E-state index is 13.8. The molecule has 6 heteroatoms. The molecule has 0 saturated heterocycles.